The van der Waals surface area contributed by atoms with Gasteiger partial charge in [-0.2, -0.15) is 0 Å². The Kier molecular flexibility index (Phi) is 4.29. The number of morpholine rings is 1. The van der Waals surface area contributed by atoms with Crippen LogP contribution in [0.5, 0.6) is 0 Å². The van der Waals surface area contributed by atoms with E-state index in [0.29, 0.717) is 26.3 Å². The van der Waals surface area contributed by atoms with Crippen LogP contribution in [0.15, 0.2) is 30.6 Å². The van der Waals surface area contributed by atoms with Crippen molar-refractivity contribution in [1.29, 1.82) is 0 Å². The van der Waals surface area contributed by atoms with E-state index in [1.54, 1.807) is 11.0 Å². The molecule has 1 N–H and O–H groups in total. The van der Waals surface area contributed by atoms with Gasteiger partial charge in [-0.1, -0.05) is 12.1 Å². The Labute approximate surface area is 131 Å². The van der Waals surface area contributed by atoms with E-state index in [1.165, 1.54) is 24.5 Å². The molecule has 1 aliphatic rings. The van der Waals surface area contributed by atoms with Gasteiger partial charge in [0.25, 0.3) is 0 Å². The number of nitro groups is 1. The van der Waals surface area contributed by atoms with Crippen LogP contribution in [0.25, 0.3) is 0 Å². The van der Waals surface area contributed by atoms with Crippen molar-refractivity contribution in [1.82, 2.24) is 9.97 Å². The van der Waals surface area contributed by atoms with E-state index in [0.717, 1.165) is 0 Å². The van der Waals surface area contributed by atoms with Crippen LogP contribution in [-0.4, -0.2) is 41.2 Å². The number of hydrogen-bond acceptors (Lipinski definition) is 7. The van der Waals surface area contributed by atoms with Crippen molar-refractivity contribution in [2.75, 3.05) is 36.5 Å². The second kappa shape index (κ2) is 6.53. The van der Waals surface area contributed by atoms with Crippen molar-refractivity contribution >= 4 is 23.0 Å². The molecule has 0 bridgehead atoms. The molecule has 0 atom stereocenters. The van der Waals surface area contributed by atoms with E-state index >= 15 is 0 Å². The van der Waals surface area contributed by atoms with Crippen molar-refractivity contribution in [3.63, 3.8) is 0 Å². The summed E-state index contributed by atoms with van der Waals surface area (Å²) in [6.07, 6.45) is 1.22. The Balaban J connectivity index is 2.00. The second-order valence-electron chi connectivity index (χ2n) is 4.86. The first kappa shape index (κ1) is 15.1. The summed E-state index contributed by atoms with van der Waals surface area (Å²) in [6.45, 7) is 1.93. The first-order valence-electron chi connectivity index (χ1n) is 7.00. The van der Waals surface area contributed by atoms with E-state index < -0.39 is 10.7 Å². The fourth-order valence-electron chi connectivity index (χ4n) is 2.33. The first-order valence-corrected chi connectivity index (χ1v) is 7.00. The first-order chi connectivity index (χ1) is 11.2. The number of nitrogens with zero attached hydrogens (tertiary/aromatic N) is 4. The number of nitrogens with one attached hydrogen (secondary N) is 1. The minimum absolute atomic E-state index is 0.0448. The van der Waals surface area contributed by atoms with Gasteiger partial charge < -0.3 is 15.0 Å². The molecule has 3 rings (SSSR count). The number of anilines is 3. The highest BCUT2D eigenvalue weighted by Crippen LogP contribution is 2.34. The standard InChI is InChI=1S/C14H14FN5O3/c15-10-3-1-2-4-11(10)18-13-12(20(21)22)14(17-9-16-13)19-5-7-23-8-6-19/h1-4,9H,5-8H2,(H,16,17,18). The molecular formula is C14H14FN5O3. The van der Waals surface area contributed by atoms with Gasteiger partial charge in [-0.25, -0.2) is 14.4 Å². The third kappa shape index (κ3) is 3.19. The van der Waals surface area contributed by atoms with Crippen LogP contribution < -0.4 is 10.2 Å². The molecule has 9 heteroatoms. The Morgan fingerprint density at radius 3 is 2.70 bits per heavy atom. The summed E-state index contributed by atoms with van der Waals surface area (Å²) in [7, 11) is 0. The number of para-hydroxylation sites is 1. The van der Waals surface area contributed by atoms with Gasteiger partial charge in [0.05, 0.1) is 23.8 Å². The average molecular weight is 319 g/mol. The van der Waals surface area contributed by atoms with Crippen LogP contribution >= 0.6 is 0 Å². The molecule has 2 aromatic rings. The van der Waals surface area contributed by atoms with Crippen molar-refractivity contribution in [2.45, 2.75) is 0 Å². The molecule has 0 unspecified atom stereocenters. The second-order valence-corrected chi connectivity index (χ2v) is 4.86. The molecule has 23 heavy (non-hydrogen) atoms. The molecule has 0 amide bonds. The third-order valence-corrected chi connectivity index (χ3v) is 3.42. The summed E-state index contributed by atoms with van der Waals surface area (Å²) in [5.74, 6) is -0.364. The van der Waals surface area contributed by atoms with Crippen LogP contribution in [0.4, 0.5) is 27.4 Å². The lowest BCUT2D eigenvalue weighted by Gasteiger charge is -2.27. The minimum Gasteiger partial charge on any atom is -0.378 e. The van der Waals surface area contributed by atoms with Gasteiger partial charge in [-0.3, -0.25) is 10.1 Å². The molecule has 120 valence electrons. The van der Waals surface area contributed by atoms with E-state index in [-0.39, 0.29) is 23.0 Å². The molecule has 1 aromatic carbocycles. The molecule has 0 spiro atoms. The zero-order valence-corrected chi connectivity index (χ0v) is 12.1. The zero-order chi connectivity index (χ0) is 16.2. The number of rotatable bonds is 4. The quantitative estimate of drug-likeness (QED) is 0.681. The monoisotopic (exact) mass is 319 g/mol. The van der Waals surface area contributed by atoms with Gasteiger partial charge in [0.2, 0.25) is 11.6 Å². The maximum atomic E-state index is 13.8. The van der Waals surface area contributed by atoms with Gasteiger partial charge in [-0.15, -0.1) is 0 Å². The Hall–Kier alpha value is -2.81. The van der Waals surface area contributed by atoms with Gasteiger partial charge in [0.1, 0.15) is 12.1 Å². The number of ether oxygens (including phenoxy) is 1. The van der Waals surface area contributed by atoms with Crippen molar-refractivity contribution in [2.24, 2.45) is 0 Å². The maximum absolute atomic E-state index is 13.8. The maximum Gasteiger partial charge on any atom is 0.353 e. The molecule has 0 saturated carbocycles. The summed E-state index contributed by atoms with van der Waals surface area (Å²) < 4.78 is 19.0. The fourth-order valence-corrected chi connectivity index (χ4v) is 2.33. The van der Waals surface area contributed by atoms with Crippen LogP contribution in [0.2, 0.25) is 0 Å². The number of halogens is 1. The highest BCUT2D eigenvalue weighted by atomic mass is 19.1. The summed E-state index contributed by atoms with van der Waals surface area (Å²) in [5, 5.41) is 14.2. The molecule has 0 radical (unpaired) electrons. The molecule has 1 fully saturated rings. The Morgan fingerprint density at radius 1 is 1.26 bits per heavy atom. The highest BCUT2D eigenvalue weighted by Gasteiger charge is 2.28. The molecular weight excluding hydrogens is 305 g/mol. The SMILES string of the molecule is O=[N+]([O-])c1c(Nc2ccccc2F)ncnc1N1CCOCC1. The summed E-state index contributed by atoms with van der Waals surface area (Å²) in [4.78, 5) is 20.6. The zero-order valence-electron chi connectivity index (χ0n) is 12.1. The predicted molar refractivity (Wildman–Crippen MR) is 81.4 cm³/mol. The number of aromatic nitrogens is 2. The molecule has 1 saturated heterocycles. The smallest absolute Gasteiger partial charge is 0.353 e. The van der Waals surface area contributed by atoms with Gasteiger partial charge in [-0.05, 0) is 12.1 Å². The normalized spacial score (nSPS) is 14.6. The lowest BCUT2D eigenvalue weighted by Crippen LogP contribution is -2.37. The lowest BCUT2D eigenvalue weighted by molar-refractivity contribution is -0.383. The van der Waals surface area contributed by atoms with E-state index in [9.17, 15) is 14.5 Å². The third-order valence-electron chi connectivity index (χ3n) is 3.42. The number of benzene rings is 1. The minimum atomic E-state index is -0.562. The van der Waals surface area contributed by atoms with Crippen LogP contribution in [0.1, 0.15) is 0 Å². The molecule has 1 aliphatic heterocycles. The summed E-state index contributed by atoms with van der Waals surface area (Å²) in [6, 6.07) is 5.91. The lowest BCUT2D eigenvalue weighted by atomic mass is 10.3. The molecule has 8 nitrogen and oxygen atoms in total. The number of hydrogen-bond donors (Lipinski definition) is 1. The molecule has 0 aliphatic carbocycles. The summed E-state index contributed by atoms with van der Waals surface area (Å²) >= 11 is 0. The van der Waals surface area contributed by atoms with Crippen LogP contribution in [0, 0.1) is 15.9 Å². The largest absolute Gasteiger partial charge is 0.378 e. The van der Waals surface area contributed by atoms with Crippen LogP contribution in [-0.2, 0) is 4.74 Å². The van der Waals surface area contributed by atoms with Crippen molar-refractivity contribution in [3.05, 3.63) is 46.5 Å². The van der Waals surface area contributed by atoms with Crippen molar-refractivity contribution < 1.29 is 14.1 Å². The van der Waals surface area contributed by atoms with Gasteiger partial charge in [0, 0.05) is 13.1 Å². The Morgan fingerprint density at radius 2 is 2.00 bits per heavy atom. The van der Waals surface area contributed by atoms with E-state index in [1.807, 2.05) is 0 Å². The Bertz CT molecular complexity index is 721. The molecule has 2 heterocycles. The topological polar surface area (TPSA) is 93.4 Å². The van der Waals surface area contributed by atoms with E-state index in [4.69, 9.17) is 4.74 Å². The predicted octanol–water partition coefficient (Wildman–Crippen LogP) is 2.10. The van der Waals surface area contributed by atoms with Crippen LogP contribution in [0.3, 0.4) is 0 Å². The van der Waals surface area contributed by atoms with E-state index in [2.05, 4.69) is 15.3 Å². The summed E-state index contributed by atoms with van der Waals surface area (Å²) in [5.41, 5.74) is -0.167. The average Bonchev–Trinajstić information content (AvgIpc) is 2.57. The molecule has 1 aromatic heterocycles. The van der Waals surface area contributed by atoms with Gasteiger partial charge >= 0.3 is 5.69 Å². The fraction of sp³-hybridized carbons (Fsp3) is 0.286. The van der Waals surface area contributed by atoms with Crippen molar-refractivity contribution in [3.8, 4) is 0 Å². The highest BCUT2D eigenvalue weighted by molar-refractivity contribution is 5.74. The van der Waals surface area contributed by atoms with Gasteiger partial charge in [0.15, 0.2) is 0 Å².